The summed E-state index contributed by atoms with van der Waals surface area (Å²) in [5, 5.41) is 10.6. The smallest absolute Gasteiger partial charge is 0.256 e. The fraction of sp³-hybridized carbons (Fsp3) is 0.273. The molecule has 142 valence electrons. The number of hydrogen-bond acceptors (Lipinski definition) is 5. The standard InChI is InChI=1S/C22H21N3OS2/c26-21(25-12-8-18(23-25)16-5-2-1-3-6-16)15-24-11-9-19-17(10-14-28-19)22(24)20-7-4-13-27-20/h1-7,10,13-14,22H,8-9,11-12,15H2/t22-/m0/s1. The van der Waals surface area contributed by atoms with Gasteiger partial charge in [-0.1, -0.05) is 36.4 Å². The molecule has 4 heterocycles. The number of hydrazone groups is 1. The quantitative estimate of drug-likeness (QED) is 0.643. The molecule has 0 unspecified atom stereocenters. The van der Waals surface area contributed by atoms with Crippen LogP contribution in [0.1, 0.15) is 33.3 Å². The Labute approximate surface area is 172 Å². The predicted octanol–water partition coefficient (Wildman–Crippen LogP) is 4.39. The predicted molar refractivity (Wildman–Crippen MR) is 115 cm³/mol. The van der Waals surface area contributed by atoms with Crippen LogP contribution in [-0.4, -0.2) is 41.2 Å². The highest BCUT2D eigenvalue weighted by Crippen LogP contribution is 2.39. The molecule has 2 aromatic heterocycles. The van der Waals surface area contributed by atoms with Gasteiger partial charge < -0.3 is 0 Å². The summed E-state index contributed by atoms with van der Waals surface area (Å²) in [6.45, 7) is 1.98. The van der Waals surface area contributed by atoms with E-state index in [1.54, 1.807) is 16.3 Å². The first-order valence-corrected chi connectivity index (χ1v) is 11.3. The summed E-state index contributed by atoms with van der Waals surface area (Å²) < 4.78 is 0. The van der Waals surface area contributed by atoms with E-state index in [4.69, 9.17) is 0 Å². The average molecular weight is 408 g/mol. The van der Waals surface area contributed by atoms with Crippen LogP contribution in [0.3, 0.4) is 0 Å². The van der Waals surface area contributed by atoms with Crippen molar-refractivity contribution in [3.63, 3.8) is 0 Å². The highest BCUT2D eigenvalue weighted by molar-refractivity contribution is 7.10. The van der Waals surface area contributed by atoms with Crippen molar-refractivity contribution in [2.24, 2.45) is 5.10 Å². The van der Waals surface area contributed by atoms with Gasteiger partial charge in [-0.05, 0) is 40.4 Å². The second kappa shape index (κ2) is 7.62. The Morgan fingerprint density at radius 3 is 2.71 bits per heavy atom. The van der Waals surface area contributed by atoms with Crippen LogP contribution in [0.2, 0.25) is 0 Å². The van der Waals surface area contributed by atoms with Crippen molar-refractivity contribution >= 4 is 34.3 Å². The Morgan fingerprint density at radius 2 is 1.89 bits per heavy atom. The lowest BCUT2D eigenvalue weighted by Gasteiger charge is -2.35. The van der Waals surface area contributed by atoms with Crippen molar-refractivity contribution in [1.29, 1.82) is 0 Å². The van der Waals surface area contributed by atoms with E-state index in [1.807, 2.05) is 29.5 Å². The monoisotopic (exact) mass is 407 g/mol. The summed E-state index contributed by atoms with van der Waals surface area (Å²) in [5.41, 5.74) is 3.47. The molecule has 3 aromatic rings. The number of thiophene rings is 2. The fourth-order valence-electron chi connectivity index (χ4n) is 4.04. The molecule has 0 aliphatic carbocycles. The van der Waals surface area contributed by atoms with Crippen LogP contribution in [0.15, 0.2) is 64.4 Å². The molecule has 0 bridgehead atoms. The van der Waals surface area contributed by atoms with Gasteiger partial charge in [0.2, 0.25) is 0 Å². The molecular formula is C22H21N3OS2. The third-order valence-corrected chi connectivity index (χ3v) is 7.33. The molecule has 0 radical (unpaired) electrons. The van der Waals surface area contributed by atoms with Crippen LogP contribution in [0.25, 0.3) is 0 Å². The van der Waals surface area contributed by atoms with Crippen LogP contribution < -0.4 is 0 Å². The zero-order valence-electron chi connectivity index (χ0n) is 15.5. The molecule has 4 nitrogen and oxygen atoms in total. The lowest BCUT2D eigenvalue weighted by atomic mass is 9.98. The van der Waals surface area contributed by atoms with Crippen molar-refractivity contribution < 1.29 is 4.79 Å². The molecule has 1 amide bonds. The van der Waals surface area contributed by atoms with Crippen molar-refractivity contribution in [3.05, 3.63) is 80.2 Å². The highest BCUT2D eigenvalue weighted by Gasteiger charge is 2.33. The van der Waals surface area contributed by atoms with Crippen molar-refractivity contribution in [2.45, 2.75) is 18.9 Å². The van der Waals surface area contributed by atoms with Crippen molar-refractivity contribution in [3.8, 4) is 0 Å². The number of benzene rings is 1. The molecule has 1 aromatic carbocycles. The van der Waals surface area contributed by atoms with E-state index in [0.717, 1.165) is 30.7 Å². The molecule has 0 fully saturated rings. The summed E-state index contributed by atoms with van der Waals surface area (Å²) in [6, 6.07) is 16.8. The number of nitrogens with zero attached hydrogens (tertiary/aromatic N) is 3. The molecular weight excluding hydrogens is 386 g/mol. The molecule has 2 aliphatic heterocycles. The average Bonchev–Trinajstić information content (AvgIpc) is 3.49. The zero-order chi connectivity index (χ0) is 18.9. The van der Waals surface area contributed by atoms with Crippen LogP contribution in [0, 0.1) is 0 Å². The first-order chi connectivity index (χ1) is 13.8. The summed E-state index contributed by atoms with van der Waals surface area (Å²) in [4.78, 5) is 18.1. The Balaban J connectivity index is 1.35. The SMILES string of the molecule is O=C(CN1CCc2sccc2[C@H]1c1cccs1)N1CCC(c2ccccc2)=N1. The second-order valence-corrected chi connectivity index (χ2v) is 9.10. The van der Waals surface area contributed by atoms with Gasteiger partial charge >= 0.3 is 0 Å². The van der Waals surface area contributed by atoms with Gasteiger partial charge in [-0.15, -0.1) is 22.7 Å². The molecule has 0 saturated carbocycles. The first kappa shape index (κ1) is 17.8. The number of amides is 1. The maximum atomic E-state index is 13.0. The van der Waals surface area contributed by atoms with Gasteiger partial charge in [0.15, 0.2) is 0 Å². The highest BCUT2D eigenvalue weighted by atomic mass is 32.1. The van der Waals surface area contributed by atoms with E-state index in [9.17, 15) is 4.79 Å². The number of carbonyl (C=O) groups is 1. The number of carbonyl (C=O) groups excluding carboxylic acids is 1. The molecule has 0 N–H and O–H groups in total. The molecule has 2 aliphatic rings. The van der Waals surface area contributed by atoms with E-state index in [-0.39, 0.29) is 11.9 Å². The van der Waals surface area contributed by atoms with Gasteiger partial charge in [0.25, 0.3) is 5.91 Å². The van der Waals surface area contributed by atoms with Crippen molar-refractivity contribution in [2.75, 3.05) is 19.6 Å². The minimum Gasteiger partial charge on any atom is -0.282 e. The Morgan fingerprint density at radius 1 is 1.00 bits per heavy atom. The van der Waals surface area contributed by atoms with Crippen molar-refractivity contribution in [1.82, 2.24) is 9.91 Å². The van der Waals surface area contributed by atoms with Gasteiger partial charge in [-0.3, -0.25) is 9.69 Å². The van der Waals surface area contributed by atoms with Crippen LogP contribution in [-0.2, 0) is 11.2 Å². The lowest BCUT2D eigenvalue weighted by molar-refractivity contribution is -0.132. The lowest BCUT2D eigenvalue weighted by Crippen LogP contribution is -2.42. The number of hydrogen-bond donors (Lipinski definition) is 0. The zero-order valence-corrected chi connectivity index (χ0v) is 17.1. The van der Waals surface area contributed by atoms with E-state index < -0.39 is 0 Å². The van der Waals surface area contributed by atoms with Crippen LogP contribution in [0.5, 0.6) is 0 Å². The van der Waals surface area contributed by atoms with Crippen LogP contribution in [0.4, 0.5) is 0 Å². The number of fused-ring (bicyclic) bond motifs is 1. The van der Waals surface area contributed by atoms with E-state index in [1.165, 1.54) is 15.3 Å². The van der Waals surface area contributed by atoms with Gasteiger partial charge in [0.1, 0.15) is 0 Å². The molecule has 6 heteroatoms. The minimum atomic E-state index is 0.0890. The Hall–Kier alpha value is -2.28. The fourth-order valence-corrected chi connectivity index (χ4v) is 5.82. The van der Waals surface area contributed by atoms with Gasteiger partial charge in [0, 0.05) is 22.7 Å². The Bertz CT molecular complexity index is 994. The Kier molecular flexibility index (Phi) is 4.84. The molecule has 28 heavy (non-hydrogen) atoms. The molecule has 0 saturated heterocycles. The summed E-state index contributed by atoms with van der Waals surface area (Å²) in [7, 11) is 0. The topological polar surface area (TPSA) is 35.9 Å². The third kappa shape index (κ3) is 3.32. The van der Waals surface area contributed by atoms with Gasteiger partial charge in [-0.25, -0.2) is 5.01 Å². The largest absolute Gasteiger partial charge is 0.282 e. The minimum absolute atomic E-state index is 0.0890. The van der Waals surface area contributed by atoms with E-state index in [2.05, 4.69) is 51.1 Å². The summed E-state index contributed by atoms with van der Waals surface area (Å²) >= 11 is 3.60. The summed E-state index contributed by atoms with van der Waals surface area (Å²) in [6.07, 6.45) is 1.83. The normalized spacial score (nSPS) is 19.5. The molecule has 5 rings (SSSR count). The first-order valence-electron chi connectivity index (χ1n) is 9.56. The second-order valence-electron chi connectivity index (χ2n) is 7.12. The molecule has 0 spiro atoms. The maximum absolute atomic E-state index is 13.0. The maximum Gasteiger partial charge on any atom is 0.256 e. The molecule has 1 atom stereocenters. The van der Waals surface area contributed by atoms with Crippen LogP contribution >= 0.6 is 22.7 Å². The van der Waals surface area contributed by atoms with E-state index >= 15 is 0 Å². The number of rotatable bonds is 4. The van der Waals surface area contributed by atoms with E-state index in [0.29, 0.717) is 13.1 Å². The summed E-state index contributed by atoms with van der Waals surface area (Å²) in [5.74, 6) is 0.0890. The van der Waals surface area contributed by atoms with Gasteiger partial charge in [0.05, 0.1) is 24.8 Å². The third-order valence-electron chi connectivity index (χ3n) is 5.41. The van der Waals surface area contributed by atoms with Gasteiger partial charge in [-0.2, -0.15) is 5.10 Å².